The Labute approximate surface area is 151 Å². The molecule has 7 heteroatoms. The van der Waals surface area contributed by atoms with Crippen LogP contribution in [0.3, 0.4) is 0 Å². The summed E-state index contributed by atoms with van der Waals surface area (Å²) in [4.78, 5) is 21.6. The summed E-state index contributed by atoms with van der Waals surface area (Å²) in [5, 5.41) is 7.34. The summed E-state index contributed by atoms with van der Waals surface area (Å²) >= 11 is 0. The first-order valence-corrected chi connectivity index (χ1v) is 8.84. The summed E-state index contributed by atoms with van der Waals surface area (Å²) in [6.45, 7) is 3.96. The van der Waals surface area contributed by atoms with Gasteiger partial charge in [0.05, 0.1) is 12.0 Å². The Morgan fingerprint density at radius 3 is 2.96 bits per heavy atom. The molecular formula is C19H21N5O2. The lowest BCUT2D eigenvalue weighted by Gasteiger charge is -2.07. The van der Waals surface area contributed by atoms with Crippen molar-refractivity contribution in [2.45, 2.75) is 32.7 Å². The van der Waals surface area contributed by atoms with E-state index < -0.39 is 0 Å². The number of fused-ring (bicyclic) bond motifs is 1. The zero-order valence-electron chi connectivity index (χ0n) is 14.7. The van der Waals surface area contributed by atoms with Crippen molar-refractivity contribution in [1.29, 1.82) is 0 Å². The van der Waals surface area contributed by atoms with Crippen LogP contribution in [0.1, 0.15) is 34.1 Å². The van der Waals surface area contributed by atoms with Crippen molar-refractivity contribution in [1.82, 2.24) is 25.0 Å². The van der Waals surface area contributed by atoms with Gasteiger partial charge < -0.3 is 9.84 Å². The third-order valence-corrected chi connectivity index (χ3v) is 4.74. The first-order valence-electron chi connectivity index (χ1n) is 8.84. The number of nitrogens with one attached hydrogen (secondary N) is 1. The zero-order chi connectivity index (χ0) is 17.9. The van der Waals surface area contributed by atoms with Gasteiger partial charge in [-0.2, -0.15) is 4.98 Å². The molecule has 1 aliphatic rings. The number of aromatic nitrogens is 4. The van der Waals surface area contributed by atoms with Crippen LogP contribution in [0.2, 0.25) is 0 Å². The van der Waals surface area contributed by atoms with Crippen LogP contribution in [-0.4, -0.2) is 32.8 Å². The summed E-state index contributed by atoms with van der Waals surface area (Å²) in [7, 11) is 0. The molecule has 0 saturated heterocycles. The molecule has 2 aromatic heterocycles. The molecule has 0 unspecified atom stereocenters. The fraction of sp³-hybridized carbons (Fsp3) is 0.368. The van der Waals surface area contributed by atoms with Gasteiger partial charge in [0, 0.05) is 24.9 Å². The number of aryl methyl sites for hydroxylation is 1. The lowest BCUT2D eigenvalue weighted by molar-refractivity contribution is 0.364. The Hall–Kier alpha value is -2.80. The molecule has 0 amide bonds. The topological polar surface area (TPSA) is 85.8 Å². The number of nitrogens with zero attached hydrogens (tertiary/aromatic N) is 4. The maximum atomic E-state index is 12.7. The van der Waals surface area contributed by atoms with Gasteiger partial charge in [0.25, 0.3) is 5.56 Å². The highest BCUT2D eigenvalue weighted by Crippen LogP contribution is 2.12. The molecule has 3 aromatic rings. The normalized spacial score (nSPS) is 14.0. The van der Waals surface area contributed by atoms with Crippen molar-refractivity contribution in [3.05, 3.63) is 75.0 Å². The minimum absolute atomic E-state index is 0.0163. The van der Waals surface area contributed by atoms with Gasteiger partial charge in [0.2, 0.25) is 5.89 Å². The van der Waals surface area contributed by atoms with E-state index in [1.165, 1.54) is 5.56 Å². The molecule has 26 heavy (non-hydrogen) atoms. The van der Waals surface area contributed by atoms with Crippen LogP contribution in [0, 0.1) is 6.92 Å². The average molecular weight is 351 g/mol. The molecule has 0 aliphatic carbocycles. The largest absolute Gasteiger partial charge is 0.337 e. The second-order valence-electron chi connectivity index (χ2n) is 6.56. The van der Waals surface area contributed by atoms with Gasteiger partial charge in [-0.05, 0) is 31.0 Å². The predicted octanol–water partition coefficient (Wildman–Crippen LogP) is 1.26. The van der Waals surface area contributed by atoms with E-state index in [2.05, 4.69) is 39.5 Å². The fourth-order valence-electron chi connectivity index (χ4n) is 3.24. The Balaban J connectivity index is 1.54. The van der Waals surface area contributed by atoms with E-state index in [1.807, 2.05) is 12.1 Å². The number of hydrogen-bond donors (Lipinski definition) is 1. The van der Waals surface area contributed by atoms with Gasteiger partial charge in [-0.25, -0.2) is 4.98 Å². The van der Waals surface area contributed by atoms with E-state index in [1.54, 1.807) is 10.9 Å². The molecule has 134 valence electrons. The Kier molecular flexibility index (Phi) is 4.62. The number of hydrogen-bond acceptors (Lipinski definition) is 6. The highest BCUT2D eigenvalue weighted by atomic mass is 16.5. The monoisotopic (exact) mass is 351 g/mol. The highest BCUT2D eigenvalue weighted by Gasteiger charge is 2.16. The number of rotatable bonds is 4. The van der Waals surface area contributed by atoms with Crippen LogP contribution in [0.4, 0.5) is 0 Å². The van der Waals surface area contributed by atoms with E-state index >= 15 is 0 Å². The van der Waals surface area contributed by atoms with Crippen molar-refractivity contribution in [3.63, 3.8) is 0 Å². The third kappa shape index (κ3) is 3.43. The quantitative estimate of drug-likeness (QED) is 0.762. The highest BCUT2D eigenvalue weighted by molar-refractivity contribution is 5.28. The zero-order valence-corrected chi connectivity index (χ0v) is 14.7. The van der Waals surface area contributed by atoms with Crippen molar-refractivity contribution in [2.24, 2.45) is 0 Å². The van der Waals surface area contributed by atoms with Gasteiger partial charge in [-0.15, -0.1) is 0 Å². The summed E-state index contributed by atoms with van der Waals surface area (Å²) < 4.78 is 6.89. The molecule has 1 N–H and O–H groups in total. The van der Waals surface area contributed by atoms with Crippen molar-refractivity contribution >= 4 is 0 Å². The van der Waals surface area contributed by atoms with Gasteiger partial charge in [0.1, 0.15) is 6.54 Å². The summed E-state index contributed by atoms with van der Waals surface area (Å²) in [6.07, 6.45) is 3.67. The lowest BCUT2D eigenvalue weighted by atomic mass is 10.1. The Morgan fingerprint density at radius 1 is 1.23 bits per heavy atom. The second-order valence-corrected chi connectivity index (χ2v) is 6.56. The minimum atomic E-state index is -0.0163. The number of benzene rings is 1. The van der Waals surface area contributed by atoms with Crippen LogP contribution in [-0.2, 0) is 25.8 Å². The molecule has 0 bridgehead atoms. The Morgan fingerprint density at radius 2 is 2.08 bits per heavy atom. The molecule has 4 rings (SSSR count). The van der Waals surface area contributed by atoms with Crippen molar-refractivity contribution in [3.8, 4) is 0 Å². The molecule has 7 nitrogen and oxygen atoms in total. The molecule has 0 radical (unpaired) electrons. The maximum absolute atomic E-state index is 12.7. The molecule has 1 aromatic carbocycles. The molecule has 0 atom stereocenters. The molecule has 1 aliphatic heterocycles. The summed E-state index contributed by atoms with van der Waals surface area (Å²) in [5.74, 6) is 1.04. The Bertz CT molecular complexity index is 976. The van der Waals surface area contributed by atoms with E-state index in [9.17, 15) is 4.79 Å². The van der Waals surface area contributed by atoms with Crippen LogP contribution in [0.5, 0.6) is 0 Å². The van der Waals surface area contributed by atoms with Gasteiger partial charge in [0.15, 0.2) is 5.82 Å². The van der Waals surface area contributed by atoms with E-state index in [-0.39, 0.29) is 12.1 Å². The molecule has 0 fully saturated rings. The standard InChI is InChI=1S/C19H21N5O2/c1-13-4-2-3-5-14(13)10-17-22-18(26-23-17)11-24-12-21-16-7-9-20-8-6-15(16)19(24)25/h2-5,12,20H,6-11H2,1H3. The van der Waals surface area contributed by atoms with E-state index in [0.29, 0.717) is 24.6 Å². The molecule has 3 heterocycles. The SMILES string of the molecule is Cc1ccccc1Cc1noc(Cn2cnc3c(c2=O)CCNCC3)n1. The van der Waals surface area contributed by atoms with E-state index in [4.69, 9.17) is 4.52 Å². The van der Waals surface area contributed by atoms with Crippen LogP contribution in [0.15, 0.2) is 39.9 Å². The van der Waals surface area contributed by atoms with Crippen LogP contribution in [0.25, 0.3) is 0 Å². The van der Waals surface area contributed by atoms with Crippen molar-refractivity contribution < 1.29 is 4.52 Å². The van der Waals surface area contributed by atoms with Gasteiger partial charge >= 0.3 is 0 Å². The van der Waals surface area contributed by atoms with Crippen molar-refractivity contribution in [2.75, 3.05) is 13.1 Å². The van der Waals surface area contributed by atoms with Crippen LogP contribution < -0.4 is 10.9 Å². The van der Waals surface area contributed by atoms with Crippen LogP contribution >= 0.6 is 0 Å². The van der Waals surface area contributed by atoms with Gasteiger partial charge in [-0.1, -0.05) is 29.4 Å². The van der Waals surface area contributed by atoms with Gasteiger partial charge in [-0.3, -0.25) is 9.36 Å². The smallest absolute Gasteiger partial charge is 0.257 e. The fourth-order valence-corrected chi connectivity index (χ4v) is 3.24. The summed E-state index contributed by atoms with van der Waals surface area (Å²) in [6, 6.07) is 8.12. The molecular weight excluding hydrogens is 330 g/mol. The second kappa shape index (κ2) is 7.21. The first kappa shape index (κ1) is 16.7. The molecule has 0 spiro atoms. The van der Waals surface area contributed by atoms with E-state index in [0.717, 1.165) is 36.3 Å². The third-order valence-electron chi connectivity index (χ3n) is 4.74. The molecule has 0 saturated carbocycles. The summed E-state index contributed by atoms with van der Waals surface area (Å²) in [5.41, 5.74) is 4.02. The first-order chi connectivity index (χ1) is 12.7. The maximum Gasteiger partial charge on any atom is 0.257 e. The minimum Gasteiger partial charge on any atom is -0.337 e. The predicted molar refractivity (Wildman–Crippen MR) is 96.2 cm³/mol. The lowest BCUT2D eigenvalue weighted by Crippen LogP contribution is -2.27. The average Bonchev–Trinajstić information content (AvgIpc) is 2.93.